The third-order valence-electron chi connectivity index (χ3n) is 4.40. The fourth-order valence-electron chi connectivity index (χ4n) is 3.35. The zero-order chi connectivity index (χ0) is 14.1. The highest BCUT2D eigenvalue weighted by Gasteiger charge is 2.27. The Kier molecular flexibility index (Phi) is 3.18. The maximum absolute atomic E-state index is 5.83. The SMILES string of the molecule is c1ccc2c(c1)NCCCN2CC1COc2ccccc21. The quantitative estimate of drug-likeness (QED) is 0.911. The van der Waals surface area contributed by atoms with Crippen LogP contribution in [-0.2, 0) is 0 Å². The molecular weight excluding hydrogens is 260 g/mol. The molecule has 0 aromatic heterocycles. The fraction of sp³-hybridized carbons (Fsp3) is 0.333. The molecule has 21 heavy (non-hydrogen) atoms. The third-order valence-corrected chi connectivity index (χ3v) is 4.40. The fourth-order valence-corrected chi connectivity index (χ4v) is 3.35. The largest absolute Gasteiger partial charge is 0.493 e. The molecule has 3 nitrogen and oxygen atoms in total. The first-order chi connectivity index (χ1) is 10.4. The number of hydrogen-bond acceptors (Lipinski definition) is 3. The van der Waals surface area contributed by atoms with Crippen molar-refractivity contribution in [2.75, 3.05) is 36.5 Å². The number of benzene rings is 2. The molecule has 0 bridgehead atoms. The summed E-state index contributed by atoms with van der Waals surface area (Å²) in [7, 11) is 0. The standard InChI is InChI=1S/C18H20N2O/c1-4-9-18-15(6-1)14(13-21-18)12-20-11-5-10-19-16-7-2-3-8-17(16)20/h1-4,6-9,14,19H,5,10-13H2. The maximum atomic E-state index is 5.83. The Balaban J connectivity index is 1.61. The van der Waals surface area contributed by atoms with Crippen molar-refractivity contribution in [3.63, 3.8) is 0 Å². The normalized spacial score (nSPS) is 20.0. The lowest BCUT2D eigenvalue weighted by Crippen LogP contribution is -2.29. The molecule has 4 rings (SSSR count). The van der Waals surface area contributed by atoms with Gasteiger partial charge in [0.2, 0.25) is 0 Å². The Morgan fingerprint density at radius 3 is 2.95 bits per heavy atom. The summed E-state index contributed by atoms with van der Waals surface area (Å²) in [6.45, 7) is 3.97. The highest BCUT2D eigenvalue weighted by Crippen LogP contribution is 2.36. The zero-order valence-corrected chi connectivity index (χ0v) is 12.1. The molecule has 2 aliphatic rings. The van der Waals surface area contributed by atoms with E-state index < -0.39 is 0 Å². The summed E-state index contributed by atoms with van der Waals surface area (Å²) in [5.74, 6) is 1.52. The van der Waals surface area contributed by atoms with Crippen LogP contribution in [0, 0.1) is 0 Å². The minimum absolute atomic E-state index is 0.465. The first-order valence-electron chi connectivity index (χ1n) is 7.71. The van der Waals surface area contributed by atoms with Gasteiger partial charge < -0.3 is 15.0 Å². The first kappa shape index (κ1) is 12.6. The van der Waals surface area contributed by atoms with Crippen LogP contribution in [0.15, 0.2) is 48.5 Å². The van der Waals surface area contributed by atoms with Crippen molar-refractivity contribution < 1.29 is 4.74 Å². The molecule has 1 N–H and O–H groups in total. The van der Waals surface area contributed by atoms with E-state index in [-0.39, 0.29) is 0 Å². The van der Waals surface area contributed by atoms with Gasteiger partial charge >= 0.3 is 0 Å². The molecule has 0 amide bonds. The van der Waals surface area contributed by atoms with E-state index in [1.165, 1.54) is 23.4 Å². The Bertz CT molecular complexity index is 641. The van der Waals surface area contributed by atoms with Crippen molar-refractivity contribution in [1.82, 2.24) is 0 Å². The van der Waals surface area contributed by atoms with Crippen LogP contribution >= 0.6 is 0 Å². The monoisotopic (exact) mass is 280 g/mol. The lowest BCUT2D eigenvalue weighted by Gasteiger charge is -2.27. The van der Waals surface area contributed by atoms with Gasteiger partial charge in [-0.15, -0.1) is 0 Å². The molecule has 2 aliphatic heterocycles. The van der Waals surface area contributed by atoms with Gasteiger partial charge in [-0.3, -0.25) is 0 Å². The average Bonchev–Trinajstić information content (AvgIpc) is 2.82. The van der Waals surface area contributed by atoms with E-state index in [0.717, 1.165) is 32.0 Å². The first-order valence-corrected chi connectivity index (χ1v) is 7.71. The van der Waals surface area contributed by atoms with E-state index in [1.54, 1.807) is 0 Å². The lowest BCUT2D eigenvalue weighted by molar-refractivity contribution is 0.331. The van der Waals surface area contributed by atoms with Crippen LogP contribution in [0.5, 0.6) is 5.75 Å². The van der Waals surface area contributed by atoms with E-state index in [2.05, 4.69) is 52.7 Å². The number of rotatable bonds is 2. The second kappa shape index (κ2) is 5.32. The van der Waals surface area contributed by atoms with E-state index in [9.17, 15) is 0 Å². The summed E-state index contributed by atoms with van der Waals surface area (Å²) < 4.78 is 5.83. The highest BCUT2D eigenvalue weighted by molar-refractivity contribution is 5.70. The van der Waals surface area contributed by atoms with Crippen LogP contribution in [0.2, 0.25) is 0 Å². The van der Waals surface area contributed by atoms with Crippen LogP contribution in [0.4, 0.5) is 11.4 Å². The minimum Gasteiger partial charge on any atom is -0.493 e. The molecule has 1 unspecified atom stereocenters. The average molecular weight is 280 g/mol. The molecular formula is C18H20N2O. The van der Waals surface area contributed by atoms with E-state index in [1.807, 2.05) is 6.07 Å². The third kappa shape index (κ3) is 2.33. The van der Waals surface area contributed by atoms with Crippen molar-refractivity contribution in [2.24, 2.45) is 0 Å². The lowest BCUT2D eigenvalue weighted by atomic mass is 10.0. The van der Waals surface area contributed by atoms with Crippen molar-refractivity contribution in [2.45, 2.75) is 12.3 Å². The second-order valence-corrected chi connectivity index (χ2v) is 5.79. The van der Waals surface area contributed by atoms with Gasteiger partial charge in [0, 0.05) is 31.1 Å². The molecule has 2 heterocycles. The predicted molar refractivity (Wildman–Crippen MR) is 86.4 cm³/mol. The van der Waals surface area contributed by atoms with Gasteiger partial charge in [0.25, 0.3) is 0 Å². The van der Waals surface area contributed by atoms with Gasteiger partial charge in [-0.25, -0.2) is 0 Å². The Labute approximate surface area is 125 Å². The van der Waals surface area contributed by atoms with Crippen LogP contribution in [-0.4, -0.2) is 26.2 Å². The van der Waals surface area contributed by atoms with Crippen molar-refractivity contribution in [3.05, 3.63) is 54.1 Å². The smallest absolute Gasteiger partial charge is 0.122 e. The van der Waals surface area contributed by atoms with Crippen LogP contribution in [0.3, 0.4) is 0 Å². The number of nitrogens with one attached hydrogen (secondary N) is 1. The Hall–Kier alpha value is -2.16. The summed E-state index contributed by atoms with van der Waals surface area (Å²) in [4.78, 5) is 2.51. The molecule has 2 aromatic rings. The van der Waals surface area contributed by atoms with Gasteiger partial charge in [0.1, 0.15) is 5.75 Å². The van der Waals surface area contributed by atoms with Crippen LogP contribution < -0.4 is 15.0 Å². The molecule has 0 radical (unpaired) electrons. The Morgan fingerprint density at radius 1 is 1.10 bits per heavy atom. The number of hydrogen-bond donors (Lipinski definition) is 1. The predicted octanol–water partition coefficient (Wildman–Crippen LogP) is 3.48. The second-order valence-electron chi connectivity index (χ2n) is 5.79. The Morgan fingerprint density at radius 2 is 1.95 bits per heavy atom. The summed E-state index contributed by atoms with van der Waals surface area (Å²) >= 11 is 0. The molecule has 0 saturated heterocycles. The molecule has 0 fully saturated rings. The highest BCUT2D eigenvalue weighted by atomic mass is 16.5. The van der Waals surface area contributed by atoms with E-state index in [0.29, 0.717) is 5.92 Å². The number of ether oxygens (including phenoxy) is 1. The van der Waals surface area contributed by atoms with Gasteiger partial charge in [0.05, 0.1) is 18.0 Å². The van der Waals surface area contributed by atoms with E-state index in [4.69, 9.17) is 4.74 Å². The molecule has 108 valence electrons. The topological polar surface area (TPSA) is 24.5 Å². The van der Waals surface area contributed by atoms with Gasteiger partial charge in [0.15, 0.2) is 0 Å². The number of anilines is 2. The summed E-state index contributed by atoms with van der Waals surface area (Å²) in [5.41, 5.74) is 3.92. The summed E-state index contributed by atoms with van der Waals surface area (Å²) in [5, 5.41) is 3.53. The number of fused-ring (bicyclic) bond motifs is 2. The molecule has 0 saturated carbocycles. The maximum Gasteiger partial charge on any atom is 0.122 e. The van der Waals surface area contributed by atoms with Crippen molar-refractivity contribution in [3.8, 4) is 5.75 Å². The molecule has 1 atom stereocenters. The summed E-state index contributed by atoms with van der Waals surface area (Å²) in [6, 6.07) is 17.1. The molecule has 3 heteroatoms. The van der Waals surface area contributed by atoms with Crippen molar-refractivity contribution in [1.29, 1.82) is 0 Å². The van der Waals surface area contributed by atoms with Crippen LogP contribution in [0.1, 0.15) is 17.9 Å². The zero-order valence-electron chi connectivity index (χ0n) is 12.1. The minimum atomic E-state index is 0.465. The van der Waals surface area contributed by atoms with Gasteiger partial charge in [-0.05, 0) is 24.6 Å². The molecule has 2 aromatic carbocycles. The number of nitrogens with zero attached hydrogens (tertiary/aromatic N) is 1. The van der Waals surface area contributed by atoms with Gasteiger partial charge in [-0.2, -0.15) is 0 Å². The van der Waals surface area contributed by atoms with Crippen molar-refractivity contribution >= 4 is 11.4 Å². The number of para-hydroxylation sites is 3. The summed E-state index contributed by atoms with van der Waals surface area (Å²) in [6.07, 6.45) is 1.17. The van der Waals surface area contributed by atoms with E-state index >= 15 is 0 Å². The molecule has 0 aliphatic carbocycles. The van der Waals surface area contributed by atoms with Crippen LogP contribution in [0.25, 0.3) is 0 Å². The molecule has 0 spiro atoms. The van der Waals surface area contributed by atoms with Gasteiger partial charge in [-0.1, -0.05) is 30.3 Å².